The first-order valence-corrected chi connectivity index (χ1v) is 8.65. The van der Waals surface area contributed by atoms with Gasteiger partial charge in [0, 0.05) is 16.1 Å². The fourth-order valence-corrected chi connectivity index (χ4v) is 4.10. The summed E-state index contributed by atoms with van der Waals surface area (Å²) in [5.74, 6) is 1.84. The predicted molar refractivity (Wildman–Crippen MR) is 88.3 cm³/mol. The number of hydrogen-bond acceptors (Lipinski definition) is 3. The minimum Gasteiger partial charge on any atom is -0.486 e. The average Bonchev–Trinajstić information content (AvgIpc) is 2.56. The van der Waals surface area contributed by atoms with Gasteiger partial charge in [-0.25, -0.2) is 0 Å². The lowest BCUT2D eigenvalue weighted by Crippen LogP contribution is -2.27. The quantitative estimate of drug-likeness (QED) is 0.806. The molecule has 4 heteroatoms. The number of ether oxygens (including phenoxy) is 2. The molecule has 1 heterocycles. The summed E-state index contributed by atoms with van der Waals surface area (Å²) in [6, 6.07) is 2.41. The summed E-state index contributed by atoms with van der Waals surface area (Å²) in [6.45, 7) is 9.13. The van der Waals surface area contributed by atoms with Crippen molar-refractivity contribution in [3.8, 4) is 11.5 Å². The summed E-state index contributed by atoms with van der Waals surface area (Å²) in [7, 11) is 0. The van der Waals surface area contributed by atoms with Crippen LogP contribution in [0.5, 0.6) is 11.5 Å². The van der Waals surface area contributed by atoms with E-state index in [1.807, 2.05) is 0 Å². The molecule has 3 nitrogen and oxygen atoms in total. The molecule has 116 valence electrons. The molecule has 0 saturated carbocycles. The van der Waals surface area contributed by atoms with Gasteiger partial charge in [0.25, 0.3) is 0 Å². The smallest absolute Gasteiger partial charge is 0.166 e. The van der Waals surface area contributed by atoms with Crippen molar-refractivity contribution in [3.63, 3.8) is 0 Å². The summed E-state index contributed by atoms with van der Waals surface area (Å²) in [5, 5.41) is 3.66. The Morgan fingerprint density at radius 2 is 2.10 bits per heavy atom. The molecule has 0 aromatic heterocycles. The van der Waals surface area contributed by atoms with E-state index in [4.69, 9.17) is 9.47 Å². The zero-order chi connectivity index (χ0) is 15.0. The second kappa shape index (κ2) is 5.81. The Hall–Kier alpha value is -0.740. The summed E-state index contributed by atoms with van der Waals surface area (Å²) in [4.78, 5) is 0. The van der Waals surface area contributed by atoms with Gasteiger partial charge in [-0.15, -0.1) is 0 Å². The van der Waals surface area contributed by atoms with Gasteiger partial charge in [0.15, 0.2) is 11.5 Å². The Bertz CT molecular complexity index is 542. The van der Waals surface area contributed by atoms with E-state index < -0.39 is 0 Å². The number of rotatable bonds is 2. The van der Waals surface area contributed by atoms with Crippen molar-refractivity contribution in [1.82, 2.24) is 5.32 Å². The van der Waals surface area contributed by atoms with Gasteiger partial charge in [-0.3, -0.25) is 0 Å². The number of hydrogen-bond donors (Lipinski definition) is 1. The molecule has 1 aliphatic heterocycles. The largest absolute Gasteiger partial charge is 0.486 e. The van der Waals surface area contributed by atoms with Crippen LogP contribution in [0.1, 0.15) is 50.8 Å². The van der Waals surface area contributed by atoms with Crippen LogP contribution in [0.25, 0.3) is 0 Å². The van der Waals surface area contributed by atoms with Gasteiger partial charge in [0.2, 0.25) is 0 Å². The average molecular weight is 354 g/mol. The van der Waals surface area contributed by atoms with E-state index in [2.05, 4.69) is 48.1 Å². The second-order valence-corrected chi connectivity index (χ2v) is 7.61. The molecule has 0 spiro atoms. The topological polar surface area (TPSA) is 30.5 Å². The maximum Gasteiger partial charge on any atom is 0.166 e. The maximum atomic E-state index is 5.99. The van der Waals surface area contributed by atoms with E-state index in [1.54, 1.807) is 0 Å². The van der Waals surface area contributed by atoms with Gasteiger partial charge in [0.05, 0.1) is 0 Å². The highest BCUT2D eigenvalue weighted by Crippen LogP contribution is 2.49. The van der Waals surface area contributed by atoms with Crippen molar-refractivity contribution in [3.05, 3.63) is 21.7 Å². The molecule has 3 rings (SSSR count). The monoisotopic (exact) mass is 353 g/mol. The molecule has 21 heavy (non-hydrogen) atoms. The third-order valence-electron chi connectivity index (χ3n) is 4.53. The van der Waals surface area contributed by atoms with E-state index >= 15 is 0 Å². The van der Waals surface area contributed by atoms with E-state index in [1.165, 1.54) is 17.5 Å². The van der Waals surface area contributed by atoms with Crippen molar-refractivity contribution >= 4 is 15.9 Å². The van der Waals surface area contributed by atoms with Crippen LogP contribution in [0.2, 0.25) is 0 Å². The Balaban J connectivity index is 2.14. The number of benzene rings is 1. The van der Waals surface area contributed by atoms with Crippen molar-refractivity contribution in [2.24, 2.45) is 5.41 Å². The Morgan fingerprint density at radius 1 is 1.33 bits per heavy atom. The van der Waals surface area contributed by atoms with Crippen LogP contribution in [0.4, 0.5) is 0 Å². The lowest BCUT2D eigenvalue weighted by molar-refractivity contribution is 0.167. The van der Waals surface area contributed by atoms with Gasteiger partial charge < -0.3 is 14.8 Å². The predicted octanol–water partition coefficient (Wildman–Crippen LogP) is 4.23. The molecule has 0 fully saturated rings. The molecule has 0 radical (unpaired) electrons. The highest BCUT2D eigenvalue weighted by Gasteiger charge is 2.34. The summed E-state index contributed by atoms with van der Waals surface area (Å²) < 4.78 is 13.0. The Kier molecular flexibility index (Phi) is 4.19. The van der Waals surface area contributed by atoms with Crippen LogP contribution in [-0.4, -0.2) is 19.8 Å². The molecular formula is C17H24BrNO2. The molecule has 0 saturated heterocycles. The van der Waals surface area contributed by atoms with Crippen LogP contribution in [0.15, 0.2) is 10.5 Å². The van der Waals surface area contributed by atoms with Crippen LogP contribution >= 0.6 is 15.9 Å². The van der Waals surface area contributed by atoms with Crippen LogP contribution < -0.4 is 14.8 Å². The number of nitrogens with one attached hydrogen (secondary N) is 1. The van der Waals surface area contributed by atoms with Gasteiger partial charge in [-0.05, 0) is 42.9 Å². The van der Waals surface area contributed by atoms with Crippen molar-refractivity contribution < 1.29 is 9.47 Å². The third-order valence-corrected chi connectivity index (χ3v) is 5.24. The highest BCUT2D eigenvalue weighted by atomic mass is 79.9. The van der Waals surface area contributed by atoms with Gasteiger partial charge in [-0.2, -0.15) is 0 Å². The van der Waals surface area contributed by atoms with Crippen molar-refractivity contribution in [1.29, 1.82) is 0 Å². The van der Waals surface area contributed by atoms with Gasteiger partial charge >= 0.3 is 0 Å². The highest BCUT2D eigenvalue weighted by molar-refractivity contribution is 9.10. The SMILES string of the molecule is CCNC1CC(C)(C)CCc2c(Br)cc3c(c21)OCCO3. The molecule has 0 bridgehead atoms. The maximum absolute atomic E-state index is 5.99. The summed E-state index contributed by atoms with van der Waals surface area (Å²) >= 11 is 3.75. The first kappa shape index (κ1) is 15.2. The molecule has 1 unspecified atom stereocenters. The Labute approximate surface area is 135 Å². The molecule has 1 aliphatic carbocycles. The van der Waals surface area contributed by atoms with Crippen molar-refractivity contribution in [2.75, 3.05) is 19.8 Å². The standard InChI is InChI=1S/C17H24BrNO2/c1-4-19-13-10-17(2,3)6-5-11-12(18)9-14-16(15(11)13)21-8-7-20-14/h9,13,19H,4-8,10H2,1-3H3. The fourth-order valence-electron chi connectivity index (χ4n) is 3.48. The van der Waals surface area contributed by atoms with E-state index in [0.717, 1.165) is 35.4 Å². The zero-order valence-corrected chi connectivity index (χ0v) is 14.7. The van der Waals surface area contributed by atoms with Crippen LogP contribution in [-0.2, 0) is 6.42 Å². The molecule has 1 aromatic rings. The van der Waals surface area contributed by atoms with E-state index in [-0.39, 0.29) is 0 Å². The lowest BCUT2D eigenvalue weighted by Gasteiger charge is -2.30. The molecular weight excluding hydrogens is 330 g/mol. The van der Waals surface area contributed by atoms with E-state index in [9.17, 15) is 0 Å². The zero-order valence-electron chi connectivity index (χ0n) is 13.1. The minimum atomic E-state index is 0.327. The third kappa shape index (κ3) is 2.93. The number of fused-ring (bicyclic) bond motifs is 3. The first-order chi connectivity index (χ1) is 10.0. The summed E-state index contributed by atoms with van der Waals surface area (Å²) in [6.07, 6.45) is 3.40. The second-order valence-electron chi connectivity index (χ2n) is 6.75. The summed E-state index contributed by atoms with van der Waals surface area (Å²) in [5.41, 5.74) is 3.02. The fraction of sp³-hybridized carbons (Fsp3) is 0.647. The van der Waals surface area contributed by atoms with Crippen LogP contribution in [0, 0.1) is 5.41 Å². The van der Waals surface area contributed by atoms with Crippen molar-refractivity contribution in [2.45, 2.75) is 46.1 Å². The first-order valence-electron chi connectivity index (χ1n) is 7.86. The molecule has 1 atom stereocenters. The number of halogens is 1. The van der Waals surface area contributed by atoms with E-state index in [0.29, 0.717) is 24.7 Å². The minimum absolute atomic E-state index is 0.327. The Morgan fingerprint density at radius 3 is 2.86 bits per heavy atom. The molecule has 2 aliphatic rings. The lowest BCUT2D eigenvalue weighted by atomic mass is 9.83. The molecule has 1 aromatic carbocycles. The normalized spacial score (nSPS) is 23.3. The molecule has 0 amide bonds. The van der Waals surface area contributed by atoms with Gasteiger partial charge in [0.1, 0.15) is 13.2 Å². The molecule has 1 N–H and O–H groups in total. The van der Waals surface area contributed by atoms with Gasteiger partial charge in [-0.1, -0.05) is 36.7 Å². The van der Waals surface area contributed by atoms with Crippen LogP contribution in [0.3, 0.4) is 0 Å².